The van der Waals surface area contributed by atoms with Gasteiger partial charge in [0.15, 0.2) is 5.78 Å². The highest BCUT2D eigenvalue weighted by Gasteiger charge is 2.43. The van der Waals surface area contributed by atoms with Gasteiger partial charge in [-0.1, -0.05) is 60.1 Å². The molecule has 1 aliphatic heterocycles. The fourth-order valence-electron chi connectivity index (χ4n) is 4.73. The van der Waals surface area contributed by atoms with E-state index in [-0.39, 0.29) is 29.8 Å². The number of Topliss-reactive ketones (excluding diaryl/α,β-unsaturated/α-hetero) is 1. The van der Waals surface area contributed by atoms with E-state index in [9.17, 15) is 14.0 Å². The Morgan fingerprint density at radius 2 is 1.78 bits per heavy atom. The molecule has 5 rings (SSSR count). The molecule has 1 atom stereocenters. The molecule has 1 N–H and O–H groups in total. The number of dihydropyridines is 1. The largest absolute Gasteiger partial charge is 0.487 e. The summed E-state index contributed by atoms with van der Waals surface area (Å²) < 4.78 is 25.1. The van der Waals surface area contributed by atoms with Crippen molar-refractivity contribution in [3.05, 3.63) is 117 Å². The monoisotopic (exact) mass is 503 g/mol. The van der Waals surface area contributed by atoms with Crippen LogP contribution in [0, 0.1) is 5.82 Å². The average Bonchev–Trinajstić information content (AvgIpc) is 3.15. The zero-order valence-electron chi connectivity index (χ0n) is 19.7. The van der Waals surface area contributed by atoms with Crippen LogP contribution in [0.3, 0.4) is 0 Å². The van der Waals surface area contributed by atoms with Crippen LogP contribution in [0.4, 0.5) is 4.39 Å². The van der Waals surface area contributed by atoms with Crippen molar-refractivity contribution in [2.45, 2.75) is 26.4 Å². The van der Waals surface area contributed by atoms with Gasteiger partial charge < -0.3 is 14.8 Å². The summed E-state index contributed by atoms with van der Waals surface area (Å²) in [6, 6.07) is 18.8. The second kappa shape index (κ2) is 9.63. The topological polar surface area (TPSA) is 64.6 Å². The number of rotatable bonds is 6. The Kier molecular flexibility index (Phi) is 6.37. The van der Waals surface area contributed by atoms with Gasteiger partial charge in [0, 0.05) is 33.9 Å². The third kappa shape index (κ3) is 4.07. The van der Waals surface area contributed by atoms with E-state index in [1.807, 2.05) is 18.2 Å². The van der Waals surface area contributed by atoms with Crippen LogP contribution in [0.2, 0.25) is 5.02 Å². The standard InChI is InChI=1S/C29H23ClFNO4/c1-3-35-29(34)24-16(2)32-27-19-9-5-6-10-20(19)28(33)26(27)25(24)17-12-13-23(21(30)14-17)36-15-18-8-4-7-11-22(18)31/h4-14,25,32H,3,15H2,1-2H3/t25-/m1/s1. The minimum atomic E-state index is -0.682. The second-order valence-electron chi connectivity index (χ2n) is 8.55. The number of halogens is 2. The first-order chi connectivity index (χ1) is 17.4. The number of fused-ring (bicyclic) bond motifs is 2. The van der Waals surface area contributed by atoms with Crippen molar-refractivity contribution in [3.63, 3.8) is 0 Å². The molecule has 0 saturated heterocycles. The summed E-state index contributed by atoms with van der Waals surface area (Å²) in [5.41, 5.74) is 4.54. The molecule has 0 spiro atoms. The molecule has 36 heavy (non-hydrogen) atoms. The molecular formula is C29H23ClFNO4. The predicted octanol–water partition coefficient (Wildman–Crippen LogP) is 6.19. The van der Waals surface area contributed by atoms with Crippen LogP contribution >= 0.6 is 11.6 Å². The number of allylic oxidation sites excluding steroid dienone is 2. The van der Waals surface area contributed by atoms with Crippen LogP contribution < -0.4 is 10.1 Å². The van der Waals surface area contributed by atoms with E-state index in [1.165, 1.54) is 6.07 Å². The van der Waals surface area contributed by atoms with Gasteiger partial charge in [0.05, 0.1) is 22.9 Å². The number of benzene rings is 3. The van der Waals surface area contributed by atoms with Gasteiger partial charge in [0.1, 0.15) is 18.2 Å². The maximum atomic E-state index is 14.0. The van der Waals surface area contributed by atoms with Crippen molar-refractivity contribution in [2.24, 2.45) is 0 Å². The Hall–Kier alpha value is -3.90. The Balaban J connectivity index is 1.55. The summed E-state index contributed by atoms with van der Waals surface area (Å²) >= 11 is 6.58. The van der Waals surface area contributed by atoms with E-state index in [1.54, 1.807) is 56.3 Å². The number of ether oxygens (including phenoxy) is 2. The number of nitrogens with one attached hydrogen (secondary N) is 1. The molecule has 0 aromatic heterocycles. The van der Waals surface area contributed by atoms with E-state index in [4.69, 9.17) is 21.1 Å². The maximum absolute atomic E-state index is 14.0. The third-order valence-corrected chi connectivity index (χ3v) is 6.67. The van der Waals surface area contributed by atoms with Gasteiger partial charge in [-0.3, -0.25) is 4.79 Å². The quantitative estimate of drug-likeness (QED) is 0.406. The van der Waals surface area contributed by atoms with Gasteiger partial charge >= 0.3 is 5.97 Å². The molecule has 3 aromatic rings. The molecule has 0 radical (unpaired) electrons. The second-order valence-corrected chi connectivity index (χ2v) is 8.96. The normalized spacial score (nSPS) is 16.4. The van der Waals surface area contributed by atoms with Crippen molar-refractivity contribution in [1.82, 2.24) is 5.32 Å². The summed E-state index contributed by atoms with van der Waals surface area (Å²) in [5.74, 6) is -1.33. The molecule has 3 aromatic carbocycles. The lowest BCUT2D eigenvalue weighted by Crippen LogP contribution is -2.29. The Morgan fingerprint density at radius 3 is 2.50 bits per heavy atom. The van der Waals surface area contributed by atoms with Crippen molar-refractivity contribution in [1.29, 1.82) is 0 Å². The van der Waals surface area contributed by atoms with E-state index < -0.39 is 11.9 Å². The summed E-state index contributed by atoms with van der Waals surface area (Å²) in [6.07, 6.45) is 0. The summed E-state index contributed by atoms with van der Waals surface area (Å²) in [6.45, 7) is 3.74. The molecule has 0 unspecified atom stereocenters. The Labute approximate surface area is 213 Å². The predicted molar refractivity (Wildman–Crippen MR) is 135 cm³/mol. The van der Waals surface area contributed by atoms with Crippen molar-refractivity contribution < 1.29 is 23.5 Å². The van der Waals surface area contributed by atoms with Crippen LogP contribution in [-0.2, 0) is 16.1 Å². The number of carbonyl (C=O) groups excluding carboxylic acids is 2. The lowest BCUT2D eigenvalue weighted by atomic mass is 9.80. The molecular weight excluding hydrogens is 481 g/mol. The maximum Gasteiger partial charge on any atom is 0.336 e. The molecule has 7 heteroatoms. The van der Waals surface area contributed by atoms with Crippen molar-refractivity contribution in [3.8, 4) is 5.75 Å². The van der Waals surface area contributed by atoms with Crippen molar-refractivity contribution >= 4 is 29.1 Å². The fraction of sp³-hybridized carbons (Fsp3) is 0.172. The number of hydrogen-bond acceptors (Lipinski definition) is 5. The lowest BCUT2D eigenvalue weighted by Gasteiger charge is -2.29. The molecule has 182 valence electrons. The van der Waals surface area contributed by atoms with Crippen molar-refractivity contribution in [2.75, 3.05) is 6.61 Å². The van der Waals surface area contributed by atoms with Gasteiger partial charge in [0.2, 0.25) is 0 Å². The Bertz CT molecular complexity index is 1460. The van der Waals surface area contributed by atoms with Crippen LogP contribution in [0.5, 0.6) is 5.75 Å². The first kappa shape index (κ1) is 23.8. The van der Waals surface area contributed by atoms with Crippen LogP contribution in [-0.4, -0.2) is 18.4 Å². The number of hydrogen-bond donors (Lipinski definition) is 1. The summed E-state index contributed by atoms with van der Waals surface area (Å²) in [4.78, 5) is 26.6. The highest BCUT2D eigenvalue weighted by Crippen LogP contribution is 2.47. The molecule has 1 heterocycles. The van der Waals surface area contributed by atoms with E-state index >= 15 is 0 Å². The summed E-state index contributed by atoms with van der Waals surface area (Å²) in [7, 11) is 0. The molecule has 0 amide bonds. The third-order valence-electron chi connectivity index (χ3n) is 6.37. The Morgan fingerprint density at radius 1 is 1.06 bits per heavy atom. The molecule has 2 aliphatic rings. The van der Waals surface area contributed by atoms with Gasteiger partial charge in [-0.15, -0.1) is 0 Å². The molecule has 1 aliphatic carbocycles. The molecule has 0 saturated carbocycles. The minimum absolute atomic E-state index is 0.00920. The lowest BCUT2D eigenvalue weighted by molar-refractivity contribution is -0.138. The highest BCUT2D eigenvalue weighted by molar-refractivity contribution is 6.32. The zero-order valence-corrected chi connectivity index (χ0v) is 20.5. The number of ketones is 1. The van der Waals surface area contributed by atoms with Crippen LogP contribution in [0.25, 0.3) is 5.70 Å². The number of esters is 1. The van der Waals surface area contributed by atoms with E-state index in [2.05, 4.69) is 5.32 Å². The van der Waals surface area contributed by atoms with Crippen LogP contribution in [0.15, 0.2) is 83.6 Å². The first-order valence-corrected chi connectivity index (χ1v) is 12.0. The van der Waals surface area contributed by atoms with Gasteiger partial charge in [-0.05, 0) is 37.6 Å². The highest BCUT2D eigenvalue weighted by atomic mass is 35.5. The van der Waals surface area contributed by atoms with E-state index in [0.29, 0.717) is 45.0 Å². The number of carbonyl (C=O) groups is 2. The van der Waals surface area contributed by atoms with E-state index in [0.717, 1.165) is 5.56 Å². The zero-order chi connectivity index (χ0) is 25.4. The molecule has 0 fully saturated rings. The SMILES string of the molecule is CCOC(=O)C1=C(C)NC2=C(C(=O)c3ccccc32)[C@@H]1c1ccc(OCc2ccccc2F)c(Cl)c1. The summed E-state index contributed by atoms with van der Waals surface area (Å²) in [5, 5.41) is 3.55. The smallest absolute Gasteiger partial charge is 0.336 e. The van der Waals surface area contributed by atoms with Crippen LogP contribution in [0.1, 0.15) is 46.8 Å². The van der Waals surface area contributed by atoms with Gasteiger partial charge in [0.25, 0.3) is 0 Å². The molecule has 0 bridgehead atoms. The molecule has 5 nitrogen and oxygen atoms in total. The fourth-order valence-corrected chi connectivity index (χ4v) is 4.97. The minimum Gasteiger partial charge on any atom is -0.487 e. The first-order valence-electron chi connectivity index (χ1n) is 11.6. The average molecular weight is 504 g/mol. The van der Waals surface area contributed by atoms with Gasteiger partial charge in [-0.25, -0.2) is 9.18 Å². The van der Waals surface area contributed by atoms with Gasteiger partial charge in [-0.2, -0.15) is 0 Å².